The Balaban J connectivity index is 2.17. The SMILES string of the molecule is [B]Cc1ccc2c(ccc3c4ccccc4ccc23)c1. The maximum Gasteiger partial charge on any atom is 0.0716 e. The van der Waals surface area contributed by atoms with E-state index in [0.29, 0.717) is 6.32 Å². The fourth-order valence-corrected chi connectivity index (χ4v) is 3.01. The second-order valence-electron chi connectivity index (χ2n) is 5.21. The predicted octanol–water partition coefficient (Wildman–Crippen LogP) is 4.81. The Bertz CT molecular complexity index is 938. The van der Waals surface area contributed by atoms with Gasteiger partial charge in [-0.15, -0.1) is 0 Å². The molecule has 0 atom stereocenters. The van der Waals surface area contributed by atoms with Gasteiger partial charge in [-0.2, -0.15) is 0 Å². The Kier molecular flexibility index (Phi) is 2.53. The van der Waals surface area contributed by atoms with Gasteiger partial charge < -0.3 is 0 Å². The molecular formula is C19H13B. The van der Waals surface area contributed by atoms with Crippen LogP contribution in [0, 0.1) is 0 Å². The van der Waals surface area contributed by atoms with Crippen molar-refractivity contribution in [3.8, 4) is 0 Å². The molecule has 0 spiro atoms. The predicted molar refractivity (Wildman–Crippen MR) is 88.4 cm³/mol. The maximum atomic E-state index is 5.73. The second kappa shape index (κ2) is 4.38. The van der Waals surface area contributed by atoms with Crippen molar-refractivity contribution < 1.29 is 0 Å². The van der Waals surface area contributed by atoms with Gasteiger partial charge in [0.15, 0.2) is 0 Å². The molecule has 0 amide bonds. The fraction of sp³-hybridized carbons (Fsp3) is 0.0526. The minimum atomic E-state index is 0.589. The lowest BCUT2D eigenvalue weighted by atomic mass is 9.92. The Morgan fingerprint density at radius 2 is 1.25 bits per heavy atom. The van der Waals surface area contributed by atoms with Crippen LogP contribution in [0.4, 0.5) is 0 Å². The van der Waals surface area contributed by atoms with E-state index in [1.165, 1.54) is 37.9 Å². The lowest BCUT2D eigenvalue weighted by Gasteiger charge is -2.08. The summed E-state index contributed by atoms with van der Waals surface area (Å²) in [5.74, 6) is 0. The van der Waals surface area contributed by atoms with Crippen molar-refractivity contribution >= 4 is 40.2 Å². The van der Waals surface area contributed by atoms with E-state index in [9.17, 15) is 0 Å². The smallest absolute Gasteiger partial charge is 0.0643 e. The minimum Gasteiger partial charge on any atom is -0.0643 e. The van der Waals surface area contributed by atoms with Gasteiger partial charge in [0.2, 0.25) is 0 Å². The van der Waals surface area contributed by atoms with E-state index in [0.717, 1.165) is 0 Å². The number of hydrogen-bond acceptors (Lipinski definition) is 0. The molecule has 0 aliphatic rings. The monoisotopic (exact) mass is 252 g/mol. The molecule has 4 rings (SSSR count). The average molecular weight is 252 g/mol. The van der Waals surface area contributed by atoms with Crippen molar-refractivity contribution in [1.29, 1.82) is 0 Å². The molecule has 4 aromatic rings. The molecule has 0 heterocycles. The Morgan fingerprint density at radius 1 is 0.600 bits per heavy atom. The van der Waals surface area contributed by atoms with Crippen LogP contribution in [0.1, 0.15) is 5.56 Å². The molecule has 92 valence electrons. The zero-order valence-corrected chi connectivity index (χ0v) is 11.1. The number of benzene rings is 4. The molecule has 0 N–H and O–H groups in total. The van der Waals surface area contributed by atoms with E-state index >= 15 is 0 Å². The zero-order chi connectivity index (χ0) is 13.5. The largest absolute Gasteiger partial charge is 0.0716 e. The van der Waals surface area contributed by atoms with E-state index < -0.39 is 0 Å². The third-order valence-corrected chi connectivity index (χ3v) is 4.04. The summed E-state index contributed by atoms with van der Waals surface area (Å²) in [6.07, 6.45) is 0.589. The first-order chi connectivity index (χ1) is 9.86. The van der Waals surface area contributed by atoms with Crippen LogP contribution in [-0.4, -0.2) is 7.85 Å². The van der Waals surface area contributed by atoms with Gasteiger partial charge in [0.1, 0.15) is 0 Å². The van der Waals surface area contributed by atoms with Gasteiger partial charge in [0.25, 0.3) is 0 Å². The molecule has 0 fully saturated rings. The number of rotatable bonds is 1. The lowest BCUT2D eigenvalue weighted by Crippen LogP contribution is -1.85. The molecule has 0 unspecified atom stereocenters. The van der Waals surface area contributed by atoms with E-state index in [1.807, 2.05) is 0 Å². The van der Waals surface area contributed by atoms with Crippen molar-refractivity contribution in [2.24, 2.45) is 0 Å². The zero-order valence-electron chi connectivity index (χ0n) is 11.1. The van der Waals surface area contributed by atoms with Crippen LogP contribution in [0.15, 0.2) is 66.7 Å². The van der Waals surface area contributed by atoms with E-state index in [1.54, 1.807) is 0 Å². The standard InChI is InChI=1S/C19H13B/c20-12-13-5-8-17-15(11-13)7-10-18-16-4-2-1-3-14(16)6-9-19(17)18/h1-11H,12H2. The topological polar surface area (TPSA) is 0 Å². The minimum absolute atomic E-state index is 0.589. The molecule has 1 heteroatoms. The van der Waals surface area contributed by atoms with E-state index in [2.05, 4.69) is 66.7 Å². The van der Waals surface area contributed by atoms with Crippen molar-refractivity contribution in [2.75, 3.05) is 0 Å². The molecule has 0 bridgehead atoms. The maximum absolute atomic E-state index is 5.73. The van der Waals surface area contributed by atoms with Crippen LogP contribution < -0.4 is 0 Å². The summed E-state index contributed by atoms with van der Waals surface area (Å²) in [4.78, 5) is 0. The third-order valence-electron chi connectivity index (χ3n) is 4.04. The van der Waals surface area contributed by atoms with Gasteiger partial charge in [-0.1, -0.05) is 78.6 Å². The highest BCUT2D eigenvalue weighted by Crippen LogP contribution is 2.31. The highest BCUT2D eigenvalue weighted by Gasteiger charge is 2.04. The van der Waals surface area contributed by atoms with Crippen molar-refractivity contribution in [2.45, 2.75) is 6.32 Å². The molecule has 0 nitrogen and oxygen atoms in total. The van der Waals surface area contributed by atoms with Crippen LogP contribution in [-0.2, 0) is 6.32 Å². The van der Waals surface area contributed by atoms with E-state index in [4.69, 9.17) is 7.85 Å². The quantitative estimate of drug-likeness (QED) is 0.336. The summed E-state index contributed by atoms with van der Waals surface area (Å²) in [5, 5.41) is 7.79. The van der Waals surface area contributed by atoms with Gasteiger partial charge in [-0.3, -0.25) is 0 Å². The van der Waals surface area contributed by atoms with Crippen LogP contribution in [0.3, 0.4) is 0 Å². The Hall–Kier alpha value is -2.28. The number of hydrogen-bond donors (Lipinski definition) is 0. The summed E-state index contributed by atoms with van der Waals surface area (Å²) >= 11 is 0. The van der Waals surface area contributed by atoms with E-state index in [-0.39, 0.29) is 0 Å². The Morgan fingerprint density at radius 3 is 2.05 bits per heavy atom. The highest BCUT2D eigenvalue weighted by molar-refractivity contribution is 6.17. The highest BCUT2D eigenvalue weighted by atomic mass is 14.1. The molecule has 2 radical (unpaired) electrons. The first-order valence-corrected chi connectivity index (χ1v) is 6.90. The molecule has 0 saturated carbocycles. The second-order valence-corrected chi connectivity index (χ2v) is 5.21. The third kappa shape index (κ3) is 1.63. The molecular weight excluding hydrogens is 239 g/mol. The number of fused-ring (bicyclic) bond motifs is 5. The molecule has 20 heavy (non-hydrogen) atoms. The summed E-state index contributed by atoms with van der Waals surface area (Å²) in [5.41, 5.74) is 1.18. The van der Waals surface area contributed by atoms with Crippen LogP contribution in [0.25, 0.3) is 32.3 Å². The van der Waals surface area contributed by atoms with Crippen molar-refractivity contribution in [3.63, 3.8) is 0 Å². The van der Waals surface area contributed by atoms with Crippen molar-refractivity contribution in [3.05, 3.63) is 72.3 Å². The molecule has 0 saturated heterocycles. The lowest BCUT2D eigenvalue weighted by molar-refractivity contribution is 1.43. The van der Waals surface area contributed by atoms with Crippen LogP contribution >= 0.6 is 0 Å². The molecule has 0 aromatic heterocycles. The first kappa shape index (κ1) is 11.5. The van der Waals surface area contributed by atoms with Gasteiger partial charge in [0.05, 0.1) is 7.85 Å². The average Bonchev–Trinajstić information content (AvgIpc) is 2.53. The molecule has 4 aromatic carbocycles. The van der Waals surface area contributed by atoms with Gasteiger partial charge >= 0.3 is 0 Å². The summed E-state index contributed by atoms with van der Waals surface area (Å²) < 4.78 is 0. The van der Waals surface area contributed by atoms with Gasteiger partial charge in [0, 0.05) is 0 Å². The summed E-state index contributed by atoms with van der Waals surface area (Å²) in [7, 11) is 5.73. The van der Waals surface area contributed by atoms with Crippen molar-refractivity contribution in [1.82, 2.24) is 0 Å². The normalized spacial score (nSPS) is 11.4. The van der Waals surface area contributed by atoms with Crippen LogP contribution in [0.5, 0.6) is 0 Å². The summed E-state index contributed by atoms with van der Waals surface area (Å²) in [6.45, 7) is 0. The van der Waals surface area contributed by atoms with Crippen LogP contribution in [0.2, 0.25) is 0 Å². The van der Waals surface area contributed by atoms with Gasteiger partial charge in [-0.25, -0.2) is 0 Å². The fourth-order valence-electron chi connectivity index (χ4n) is 3.01. The molecule has 0 aliphatic heterocycles. The first-order valence-electron chi connectivity index (χ1n) is 6.90. The summed E-state index contributed by atoms with van der Waals surface area (Å²) in [6, 6.07) is 23.9. The Labute approximate surface area is 119 Å². The molecule has 0 aliphatic carbocycles. The van der Waals surface area contributed by atoms with Gasteiger partial charge in [-0.05, 0) is 32.3 Å².